The van der Waals surface area contributed by atoms with Crippen LogP contribution in [0.4, 0.5) is 4.39 Å². The van der Waals surface area contributed by atoms with E-state index in [2.05, 4.69) is 34.6 Å². The van der Waals surface area contributed by atoms with E-state index in [-0.39, 0.29) is 58.3 Å². The lowest BCUT2D eigenvalue weighted by Crippen LogP contribution is -2.61. The number of fused-ring (bicyclic) bond motifs is 7. The summed E-state index contributed by atoms with van der Waals surface area (Å²) in [4.78, 5) is 52.2. The number of aldehydes is 1. The molecule has 282 valence electrons. The third-order valence-electron chi connectivity index (χ3n) is 15.3. The van der Waals surface area contributed by atoms with Crippen molar-refractivity contribution < 1.29 is 23.5 Å². The van der Waals surface area contributed by atoms with Crippen LogP contribution in [0.1, 0.15) is 124 Å². The number of hydrogen-bond acceptors (Lipinski definition) is 5. The normalized spacial score (nSPS) is 35.8. The SMILES string of the molecule is CC(C)C1=C2C3CCC4C(C)(CCC5C(C)C(OC(=O)CC(C)(C)C=O)CCC54C)C3CCC2(c2cc(=O)n(Cc3ccc(F)cc3)n2C)CC1=O. The summed E-state index contributed by atoms with van der Waals surface area (Å²) in [7, 11) is 1.95. The van der Waals surface area contributed by atoms with E-state index in [0.717, 1.165) is 74.5 Å². The molecule has 9 atom stereocenters. The van der Waals surface area contributed by atoms with Gasteiger partial charge in [0.15, 0.2) is 5.78 Å². The van der Waals surface area contributed by atoms with E-state index in [1.165, 1.54) is 17.7 Å². The van der Waals surface area contributed by atoms with Gasteiger partial charge in [-0.3, -0.25) is 19.1 Å². The average molecular weight is 715 g/mol. The van der Waals surface area contributed by atoms with E-state index in [1.54, 1.807) is 36.7 Å². The largest absolute Gasteiger partial charge is 0.462 e. The molecular formula is C44H59FN2O5. The minimum atomic E-state index is -0.718. The summed E-state index contributed by atoms with van der Waals surface area (Å²) in [5.74, 6) is 1.80. The third kappa shape index (κ3) is 5.71. The maximum absolute atomic E-state index is 14.2. The number of ketones is 1. The van der Waals surface area contributed by atoms with Crippen molar-refractivity contribution in [1.29, 1.82) is 0 Å². The number of carbonyl (C=O) groups excluding carboxylic acids is 3. The zero-order valence-corrected chi connectivity index (χ0v) is 32.6. The quantitative estimate of drug-likeness (QED) is 0.203. The van der Waals surface area contributed by atoms with Crippen LogP contribution < -0.4 is 5.56 Å². The van der Waals surface area contributed by atoms with Gasteiger partial charge in [0.2, 0.25) is 0 Å². The monoisotopic (exact) mass is 714 g/mol. The van der Waals surface area contributed by atoms with Crippen molar-refractivity contribution >= 4 is 18.0 Å². The van der Waals surface area contributed by atoms with E-state index in [9.17, 15) is 23.6 Å². The van der Waals surface area contributed by atoms with E-state index in [0.29, 0.717) is 36.6 Å². The smallest absolute Gasteiger partial charge is 0.307 e. The highest BCUT2D eigenvalue weighted by Gasteiger charge is 2.65. The first kappa shape index (κ1) is 37.0. The van der Waals surface area contributed by atoms with Gasteiger partial charge >= 0.3 is 5.97 Å². The Balaban J connectivity index is 1.19. The van der Waals surface area contributed by atoms with Crippen LogP contribution in [0.3, 0.4) is 0 Å². The molecule has 1 aromatic carbocycles. The molecule has 0 spiro atoms. The van der Waals surface area contributed by atoms with Gasteiger partial charge in [0.1, 0.15) is 18.2 Å². The Morgan fingerprint density at radius 2 is 1.65 bits per heavy atom. The second-order valence-corrected chi connectivity index (χ2v) is 19.0. The molecule has 0 N–H and O–H groups in total. The Morgan fingerprint density at radius 3 is 2.33 bits per heavy atom. The van der Waals surface area contributed by atoms with Crippen LogP contribution in [0.15, 0.2) is 46.3 Å². The topological polar surface area (TPSA) is 87.4 Å². The fraction of sp³-hybridized carbons (Fsp3) is 0.682. The molecule has 9 unspecified atom stereocenters. The van der Waals surface area contributed by atoms with Crippen molar-refractivity contribution in [2.24, 2.45) is 58.8 Å². The van der Waals surface area contributed by atoms with Gasteiger partial charge in [-0.05, 0) is 127 Å². The Morgan fingerprint density at radius 1 is 1.00 bits per heavy atom. The zero-order valence-electron chi connectivity index (χ0n) is 32.6. The summed E-state index contributed by atoms with van der Waals surface area (Å²) in [6.45, 7) is 15.6. The van der Waals surface area contributed by atoms with Crippen molar-refractivity contribution in [1.82, 2.24) is 9.36 Å². The van der Waals surface area contributed by atoms with E-state index < -0.39 is 10.8 Å². The molecule has 52 heavy (non-hydrogen) atoms. The molecule has 4 fully saturated rings. The molecular weight excluding hydrogens is 655 g/mol. The highest BCUT2D eigenvalue weighted by molar-refractivity contribution is 6.01. The minimum Gasteiger partial charge on any atom is -0.462 e. The van der Waals surface area contributed by atoms with Gasteiger partial charge in [-0.1, -0.05) is 60.6 Å². The Labute approximate surface area is 308 Å². The second-order valence-electron chi connectivity index (χ2n) is 19.0. The van der Waals surface area contributed by atoms with Crippen molar-refractivity contribution in [3.05, 3.63) is 68.9 Å². The molecule has 0 radical (unpaired) electrons. The molecule has 1 aromatic heterocycles. The molecule has 2 aromatic rings. The molecule has 4 saturated carbocycles. The highest BCUT2D eigenvalue weighted by atomic mass is 19.1. The van der Waals surface area contributed by atoms with Crippen LogP contribution in [0.5, 0.6) is 0 Å². The van der Waals surface area contributed by atoms with Crippen LogP contribution >= 0.6 is 0 Å². The first-order valence-corrected chi connectivity index (χ1v) is 19.9. The summed E-state index contributed by atoms with van der Waals surface area (Å²) in [5.41, 5.74) is 3.10. The number of halogens is 1. The molecule has 1 heterocycles. The molecule has 8 heteroatoms. The minimum absolute atomic E-state index is 0.0899. The summed E-state index contributed by atoms with van der Waals surface area (Å²) >= 11 is 0. The van der Waals surface area contributed by atoms with Gasteiger partial charge in [0, 0.05) is 30.4 Å². The Kier molecular flexibility index (Phi) is 9.21. The number of aromatic nitrogens is 2. The lowest BCUT2D eigenvalue weighted by molar-refractivity contribution is -0.190. The zero-order chi connectivity index (χ0) is 37.5. The van der Waals surface area contributed by atoms with Gasteiger partial charge in [-0.2, -0.15) is 0 Å². The number of nitrogens with zero attached hydrogens (tertiary/aromatic N) is 2. The average Bonchev–Trinajstić information content (AvgIpc) is 3.55. The van der Waals surface area contributed by atoms with E-state index >= 15 is 0 Å². The second kappa shape index (κ2) is 12.9. The predicted molar refractivity (Wildman–Crippen MR) is 199 cm³/mol. The van der Waals surface area contributed by atoms with Gasteiger partial charge < -0.3 is 9.53 Å². The fourth-order valence-electron chi connectivity index (χ4n) is 13.0. The molecule has 5 aliphatic rings. The predicted octanol–water partition coefficient (Wildman–Crippen LogP) is 8.35. The van der Waals surface area contributed by atoms with Crippen molar-refractivity contribution in [2.45, 2.75) is 131 Å². The van der Waals surface area contributed by atoms with Crippen LogP contribution in [0.2, 0.25) is 0 Å². The number of benzene rings is 1. The molecule has 0 saturated heterocycles. The third-order valence-corrected chi connectivity index (χ3v) is 15.3. The first-order chi connectivity index (χ1) is 24.5. The Hall–Kier alpha value is -3.29. The summed E-state index contributed by atoms with van der Waals surface area (Å²) in [6.07, 6.45) is 9.41. The highest BCUT2D eigenvalue weighted by Crippen LogP contribution is 2.71. The van der Waals surface area contributed by atoms with Crippen molar-refractivity contribution in [3.8, 4) is 0 Å². The van der Waals surface area contributed by atoms with E-state index in [4.69, 9.17) is 4.74 Å². The van der Waals surface area contributed by atoms with Gasteiger partial charge in [0.25, 0.3) is 5.56 Å². The van der Waals surface area contributed by atoms with Crippen LogP contribution in [-0.2, 0) is 38.1 Å². The molecule has 7 rings (SSSR count). The molecule has 7 nitrogen and oxygen atoms in total. The number of esters is 1. The number of carbonyl (C=O) groups is 3. The molecule has 0 amide bonds. The van der Waals surface area contributed by atoms with Crippen LogP contribution in [-0.4, -0.2) is 33.5 Å². The van der Waals surface area contributed by atoms with Gasteiger partial charge in [0.05, 0.1) is 18.7 Å². The van der Waals surface area contributed by atoms with Crippen molar-refractivity contribution in [2.75, 3.05) is 0 Å². The lowest BCUT2D eigenvalue weighted by Gasteiger charge is -2.67. The van der Waals surface area contributed by atoms with Crippen LogP contribution in [0, 0.1) is 57.6 Å². The Bertz CT molecular complexity index is 1850. The number of Topliss-reactive ketones (excluding diaryl/α,β-unsaturated/α-hetero) is 1. The fourth-order valence-corrected chi connectivity index (χ4v) is 13.0. The lowest BCUT2D eigenvalue weighted by atomic mass is 9.38. The summed E-state index contributed by atoms with van der Waals surface area (Å²) < 4.78 is 23.5. The van der Waals surface area contributed by atoms with Crippen LogP contribution in [0.25, 0.3) is 0 Å². The maximum Gasteiger partial charge on any atom is 0.307 e. The molecule has 0 aliphatic heterocycles. The summed E-state index contributed by atoms with van der Waals surface area (Å²) in [5, 5.41) is 0. The summed E-state index contributed by atoms with van der Waals surface area (Å²) in [6, 6.07) is 8.10. The number of allylic oxidation sites excluding steroid dienone is 2. The molecule has 5 aliphatic carbocycles. The number of hydrogen-bond donors (Lipinski definition) is 0. The number of ether oxygens (including phenoxy) is 1. The van der Waals surface area contributed by atoms with E-state index in [1.807, 2.05) is 11.7 Å². The first-order valence-electron chi connectivity index (χ1n) is 19.9. The maximum atomic E-state index is 14.2. The number of rotatable bonds is 8. The molecule has 0 bridgehead atoms. The standard InChI is InChI=1S/C44H59FN2O5/c1-26(2)39-33(49)22-44(36-21-37(50)47(46(36)8)24-28-9-11-29(45)12-10-28)20-16-32-30(40(39)44)13-14-35-42(6)19-17-34(52-38(51)23-41(4,5)25-48)27(3)31(42)15-18-43(32,35)7/h9-12,21,25-27,30-32,34-35H,13-20,22-24H2,1-8H3. The van der Waals surface area contributed by atoms with Crippen molar-refractivity contribution in [3.63, 3.8) is 0 Å². The van der Waals surface area contributed by atoms with Gasteiger partial charge in [-0.25, -0.2) is 9.07 Å². The van der Waals surface area contributed by atoms with Gasteiger partial charge in [-0.15, -0.1) is 0 Å².